The summed E-state index contributed by atoms with van der Waals surface area (Å²) in [6.45, 7) is 6.12. The molecular weight excluding hydrogens is 272 g/mol. The second-order valence-corrected chi connectivity index (χ2v) is 5.89. The van der Waals surface area contributed by atoms with Crippen molar-refractivity contribution in [2.75, 3.05) is 13.1 Å². The number of hydrogen-bond donors (Lipinski definition) is 0. The lowest BCUT2D eigenvalue weighted by molar-refractivity contribution is -0.130. The summed E-state index contributed by atoms with van der Waals surface area (Å²) in [5.74, 6) is 0.312. The number of aromatic nitrogens is 1. The summed E-state index contributed by atoms with van der Waals surface area (Å²) in [5, 5.41) is 0.591. The molecule has 0 unspecified atom stereocenters. The van der Waals surface area contributed by atoms with Crippen LogP contribution in [-0.4, -0.2) is 34.3 Å². The first-order chi connectivity index (χ1) is 9.64. The van der Waals surface area contributed by atoms with Gasteiger partial charge in [-0.25, -0.2) is 0 Å². The van der Waals surface area contributed by atoms with Crippen molar-refractivity contribution < 1.29 is 4.79 Å². The highest BCUT2D eigenvalue weighted by atomic mass is 35.5. The second kappa shape index (κ2) is 6.68. The van der Waals surface area contributed by atoms with E-state index in [4.69, 9.17) is 11.6 Å². The molecule has 20 heavy (non-hydrogen) atoms. The van der Waals surface area contributed by atoms with Crippen LogP contribution in [0.15, 0.2) is 18.5 Å². The molecule has 0 aliphatic heterocycles. The smallest absolute Gasteiger partial charge is 0.157 e. The minimum Gasteiger partial charge on any atom is -0.297 e. The third kappa shape index (κ3) is 2.89. The Morgan fingerprint density at radius 2 is 2.00 bits per heavy atom. The zero-order valence-electron chi connectivity index (χ0n) is 12.4. The van der Waals surface area contributed by atoms with Crippen LogP contribution in [0.1, 0.15) is 45.1 Å². The van der Waals surface area contributed by atoms with Crippen molar-refractivity contribution in [3.63, 3.8) is 0 Å². The van der Waals surface area contributed by atoms with Gasteiger partial charge in [0.2, 0.25) is 0 Å². The molecule has 1 heterocycles. The third-order valence-electron chi connectivity index (χ3n) is 4.53. The Morgan fingerprint density at radius 1 is 1.35 bits per heavy atom. The lowest BCUT2D eigenvalue weighted by Gasteiger charge is -2.39. The number of carbonyl (C=O) groups is 1. The van der Waals surface area contributed by atoms with Crippen LogP contribution in [0.2, 0.25) is 5.02 Å². The minimum atomic E-state index is -0.268. The highest BCUT2D eigenvalue weighted by Gasteiger charge is 2.44. The standard InChI is InChI=1S/C16H23ClN2O/c1-3-19(4-2)16(8-5-6-9-16)15(20)11-13-7-10-18-12-14(13)17/h7,10,12H,3-6,8-9,11H2,1-2H3. The molecule has 1 saturated carbocycles. The first kappa shape index (κ1) is 15.5. The fourth-order valence-corrected chi connectivity index (χ4v) is 3.63. The van der Waals surface area contributed by atoms with Crippen LogP contribution in [0.5, 0.6) is 0 Å². The number of rotatable bonds is 6. The van der Waals surface area contributed by atoms with Gasteiger partial charge in [0.15, 0.2) is 5.78 Å². The Labute approximate surface area is 126 Å². The van der Waals surface area contributed by atoms with E-state index in [1.54, 1.807) is 12.4 Å². The van der Waals surface area contributed by atoms with E-state index in [-0.39, 0.29) is 5.54 Å². The Kier molecular flexibility index (Phi) is 5.17. The fourth-order valence-electron chi connectivity index (χ4n) is 3.45. The van der Waals surface area contributed by atoms with E-state index in [0.717, 1.165) is 44.3 Å². The van der Waals surface area contributed by atoms with Crippen LogP contribution in [0, 0.1) is 0 Å². The summed E-state index contributed by atoms with van der Waals surface area (Å²) in [7, 11) is 0. The van der Waals surface area contributed by atoms with E-state index < -0.39 is 0 Å². The summed E-state index contributed by atoms with van der Waals surface area (Å²) in [6, 6.07) is 1.85. The van der Waals surface area contributed by atoms with Gasteiger partial charge in [0.05, 0.1) is 10.6 Å². The molecule has 4 heteroatoms. The molecule has 1 fully saturated rings. The molecule has 3 nitrogen and oxygen atoms in total. The lowest BCUT2D eigenvalue weighted by Crippen LogP contribution is -2.53. The van der Waals surface area contributed by atoms with Crippen molar-refractivity contribution in [2.24, 2.45) is 0 Å². The Hall–Kier alpha value is -0.930. The van der Waals surface area contributed by atoms with E-state index in [0.29, 0.717) is 17.2 Å². The predicted molar refractivity (Wildman–Crippen MR) is 82.1 cm³/mol. The summed E-state index contributed by atoms with van der Waals surface area (Å²) in [6.07, 6.45) is 7.99. The van der Waals surface area contributed by atoms with Crippen molar-refractivity contribution in [3.8, 4) is 0 Å². The average Bonchev–Trinajstić information content (AvgIpc) is 2.93. The van der Waals surface area contributed by atoms with E-state index in [2.05, 4.69) is 23.7 Å². The van der Waals surface area contributed by atoms with Crippen LogP contribution in [0.4, 0.5) is 0 Å². The molecule has 1 aliphatic carbocycles. The largest absolute Gasteiger partial charge is 0.297 e. The maximum absolute atomic E-state index is 12.9. The molecule has 2 rings (SSSR count). The van der Waals surface area contributed by atoms with Crippen LogP contribution >= 0.6 is 11.6 Å². The van der Waals surface area contributed by atoms with Gasteiger partial charge >= 0.3 is 0 Å². The van der Waals surface area contributed by atoms with Gasteiger partial charge in [-0.2, -0.15) is 0 Å². The molecule has 0 saturated heterocycles. The van der Waals surface area contributed by atoms with Gasteiger partial charge < -0.3 is 0 Å². The van der Waals surface area contributed by atoms with Gasteiger partial charge in [0, 0.05) is 18.8 Å². The molecule has 1 aliphatic rings. The molecule has 0 N–H and O–H groups in total. The van der Waals surface area contributed by atoms with Crippen molar-refractivity contribution >= 4 is 17.4 Å². The third-order valence-corrected chi connectivity index (χ3v) is 4.87. The SMILES string of the molecule is CCN(CC)C1(C(=O)Cc2ccncc2Cl)CCCC1. The van der Waals surface area contributed by atoms with Gasteiger partial charge in [-0.15, -0.1) is 0 Å². The van der Waals surface area contributed by atoms with Crippen molar-refractivity contribution in [1.29, 1.82) is 0 Å². The quantitative estimate of drug-likeness (QED) is 0.805. The van der Waals surface area contributed by atoms with E-state index in [9.17, 15) is 4.79 Å². The van der Waals surface area contributed by atoms with E-state index in [1.165, 1.54) is 0 Å². The first-order valence-corrected chi connectivity index (χ1v) is 7.88. The van der Waals surface area contributed by atoms with Crippen LogP contribution in [0.3, 0.4) is 0 Å². The Bertz CT molecular complexity index is 465. The molecule has 1 aromatic heterocycles. The predicted octanol–water partition coefficient (Wildman–Crippen LogP) is 3.50. The number of nitrogens with zero attached hydrogens (tertiary/aromatic N) is 2. The average molecular weight is 295 g/mol. The maximum Gasteiger partial charge on any atom is 0.157 e. The molecular formula is C16H23ClN2O. The highest BCUT2D eigenvalue weighted by molar-refractivity contribution is 6.31. The first-order valence-electron chi connectivity index (χ1n) is 7.50. The summed E-state index contributed by atoms with van der Waals surface area (Å²) in [5.41, 5.74) is 0.626. The maximum atomic E-state index is 12.9. The lowest BCUT2D eigenvalue weighted by atomic mass is 9.86. The normalized spacial score (nSPS) is 17.6. The molecule has 0 aromatic carbocycles. The van der Waals surface area contributed by atoms with Crippen molar-refractivity contribution in [1.82, 2.24) is 9.88 Å². The zero-order chi connectivity index (χ0) is 14.6. The van der Waals surface area contributed by atoms with Gasteiger partial charge in [-0.1, -0.05) is 38.3 Å². The topological polar surface area (TPSA) is 33.2 Å². The number of pyridine rings is 1. The zero-order valence-corrected chi connectivity index (χ0v) is 13.1. The van der Waals surface area contributed by atoms with Crippen molar-refractivity contribution in [2.45, 2.75) is 51.5 Å². The van der Waals surface area contributed by atoms with Gasteiger partial charge in [0.1, 0.15) is 0 Å². The van der Waals surface area contributed by atoms with Crippen LogP contribution < -0.4 is 0 Å². The molecule has 110 valence electrons. The fraction of sp³-hybridized carbons (Fsp3) is 0.625. The number of carbonyl (C=O) groups excluding carboxylic acids is 1. The van der Waals surface area contributed by atoms with Crippen molar-refractivity contribution in [3.05, 3.63) is 29.0 Å². The number of likely N-dealkylation sites (N-methyl/N-ethyl adjacent to an activating group) is 1. The highest BCUT2D eigenvalue weighted by Crippen LogP contribution is 2.37. The van der Waals surface area contributed by atoms with Gasteiger partial charge in [-0.3, -0.25) is 14.7 Å². The summed E-state index contributed by atoms with van der Waals surface area (Å²) < 4.78 is 0. The number of hydrogen-bond acceptors (Lipinski definition) is 3. The van der Waals surface area contributed by atoms with E-state index in [1.807, 2.05) is 6.07 Å². The summed E-state index contributed by atoms with van der Waals surface area (Å²) >= 11 is 6.14. The van der Waals surface area contributed by atoms with Crippen LogP contribution in [0.25, 0.3) is 0 Å². The van der Waals surface area contributed by atoms with Crippen LogP contribution in [-0.2, 0) is 11.2 Å². The monoisotopic (exact) mass is 294 g/mol. The number of Topliss-reactive ketones (excluding diaryl/α,β-unsaturated/α-hetero) is 1. The molecule has 0 amide bonds. The molecule has 0 bridgehead atoms. The Morgan fingerprint density at radius 3 is 2.55 bits per heavy atom. The molecule has 0 atom stereocenters. The number of ketones is 1. The summed E-state index contributed by atoms with van der Waals surface area (Å²) in [4.78, 5) is 19.2. The number of halogens is 1. The van der Waals surface area contributed by atoms with Gasteiger partial charge in [-0.05, 0) is 37.6 Å². The van der Waals surface area contributed by atoms with E-state index >= 15 is 0 Å². The molecule has 0 radical (unpaired) electrons. The Balaban J connectivity index is 2.22. The van der Waals surface area contributed by atoms with Gasteiger partial charge in [0.25, 0.3) is 0 Å². The minimum absolute atomic E-state index is 0.268. The second-order valence-electron chi connectivity index (χ2n) is 5.48. The molecule has 1 aromatic rings. The molecule has 0 spiro atoms.